The number of rotatable bonds is 4. The summed E-state index contributed by atoms with van der Waals surface area (Å²) in [7, 11) is 0. The number of hydrogen-bond acceptors (Lipinski definition) is 3. The van der Waals surface area contributed by atoms with Gasteiger partial charge in [0, 0.05) is 12.1 Å². The number of amides is 1. The molecule has 2 rings (SSSR count). The van der Waals surface area contributed by atoms with Gasteiger partial charge in [0.2, 0.25) is 5.91 Å². The molecule has 1 fully saturated rings. The minimum Gasteiger partial charge on any atom is -0.508 e. The van der Waals surface area contributed by atoms with Crippen molar-refractivity contribution in [1.29, 1.82) is 0 Å². The lowest BCUT2D eigenvalue weighted by Gasteiger charge is -2.22. The Balaban J connectivity index is 1.76. The van der Waals surface area contributed by atoms with E-state index in [1.807, 2.05) is 6.07 Å². The third-order valence-electron chi connectivity index (χ3n) is 3.33. The zero-order valence-electron chi connectivity index (χ0n) is 10.5. The Bertz CT molecular complexity index is 401. The van der Waals surface area contributed by atoms with Crippen molar-refractivity contribution in [2.45, 2.75) is 19.3 Å². The second kappa shape index (κ2) is 6.40. The molecule has 4 heteroatoms. The molecule has 1 aliphatic heterocycles. The standard InChI is InChI=1S/C14H20N2O2/c17-13-6-2-1-5-12(13)8-14(18)16-10-11-4-3-7-15-9-11/h1-2,5-6,11,15,17H,3-4,7-10H2,(H,16,18). The van der Waals surface area contributed by atoms with Crippen molar-refractivity contribution in [3.8, 4) is 5.75 Å². The molecule has 1 aromatic carbocycles. The molecule has 0 bridgehead atoms. The average molecular weight is 248 g/mol. The van der Waals surface area contributed by atoms with Crippen LogP contribution in [0.5, 0.6) is 5.75 Å². The van der Waals surface area contributed by atoms with Crippen LogP contribution in [0.2, 0.25) is 0 Å². The summed E-state index contributed by atoms with van der Waals surface area (Å²) in [6, 6.07) is 6.96. The number of piperidine rings is 1. The predicted molar refractivity (Wildman–Crippen MR) is 70.4 cm³/mol. The van der Waals surface area contributed by atoms with E-state index in [4.69, 9.17) is 0 Å². The minimum absolute atomic E-state index is 0.0259. The third-order valence-corrected chi connectivity index (χ3v) is 3.33. The second-order valence-electron chi connectivity index (χ2n) is 4.82. The first-order chi connectivity index (χ1) is 8.75. The second-order valence-corrected chi connectivity index (χ2v) is 4.82. The van der Waals surface area contributed by atoms with E-state index in [0.717, 1.165) is 19.6 Å². The van der Waals surface area contributed by atoms with Gasteiger partial charge in [0.15, 0.2) is 0 Å². The molecule has 1 saturated heterocycles. The maximum Gasteiger partial charge on any atom is 0.224 e. The molecule has 18 heavy (non-hydrogen) atoms. The molecule has 1 atom stereocenters. The first-order valence-electron chi connectivity index (χ1n) is 6.50. The SMILES string of the molecule is O=C(Cc1ccccc1O)NCC1CCCNC1. The van der Waals surface area contributed by atoms with Gasteiger partial charge in [-0.25, -0.2) is 0 Å². The summed E-state index contributed by atoms with van der Waals surface area (Å²) < 4.78 is 0. The highest BCUT2D eigenvalue weighted by atomic mass is 16.3. The molecule has 1 aromatic rings. The van der Waals surface area contributed by atoms with Gasteiger partial charge in [-0.3, -0.25) is 4.79 Å². The van der Waals surface area contributed by atoms with Crippen molar-refractivity contribution in [2.75, 3.05) is 19.6 Å². The summed E-state index contributed by atoms with van der Waals surface area (Å²) in [4.78, 5) is 11.8. The number of carbonyl (C=O) groups is 1. The topological polar surface area (TPSA) is 61.4 Å². The third kappa shape index (κ3) is 3.74. The van der Waals surface area contributed by atoms with Crippen LogP contribution in [0.15, 0.2) is 24.3 Å². The number of phenolic OH excluding ortho intramolecular Hbond substituents is 1. The first-order valence-corrected chi connectivity index (χ1v) is 6.50. The van der Waals surface area contributed by atoms with Crippen molar-refractivity contribution in [3.05, 3.63) is 29.8 Å². The molecule has 1 aliphatic rings. The van der Waals surface area contributed by atoms with Crippen LogP contribution in [-0.4, -0.2) is 30.6 Å². The summed E-state index contributed by atoms with van der Waals surface area (Å²) in [5, 5.41) is 15.9. The van der Waals surface area contributed by atoms with E-state index in [-0.39, 0.29) is 18.1 Å². The van der Waals surface area contributed by atoms with Crippen molar-refractivity contribution < 1.29 is 9.90 Å². The van der Waals surface area contributed by atoms with E-state index in [1.54, 1.807) is 18.2 Å². The number of benzene rings is 1. The zero-order chi connectivity index (χ0) is 12.8. The molecular weight excluding hydrogens is 228 g/mol. The van der Waals surface area contributed by atoms with Gasteiger partial charge in [-0.2, -0.15) is 0 Å². The highest BCUT2D eigenvalue weighted by molar-refractivity contribution is 5.79. The highest BCUT2D eigenvalue weighted by Gasteiger charge is 2.14. The van der Waals surface area contributed by atoms with Crippen molar-refractivity contribution in [1.82, 2.24) is 10.6 Å². The molecule has 1 amide bonds. The number of nitrogens with one attached hydrogen (secondary N) is 2. The minimum atomic E-state index is -0.0259. The number of aromatic hydroxyl groups is 1. The summed E-state index contributed by atoms with van der Waals surface area (Å²) >= 11 is 0. The largest absolute Gasteiger partial charge is 0.508 e. The molecule has 0 aromatic heterocycles. The summed E-state index contributed by atoms with van der Waals surface area (Å²) in [6.45, 7) is 2.79. The van der Waals surface area contributed by atoms with Crippen LogP contribution >= 0.6 is 0 Å². The van der Waals surface area contributed by atoms with Gasteiger partial charge >= 0.3 is 0 Å². The molecule has 4 nitrogen and oxygen atoms in total. The fourth-order valence-electron chi connectivity index (χ4n) is 2.25. The van der Waals surface area contributed by atoms with Gasteiger partial charge in [0.1, 0.15) is 5.75 Å². The molecule has 0 aliphatic carbocycles. The van der Waals surface area contributed by atoms with Gasteiger partial charge in [-0.15, -0.1) is 0 Å². The lowest BCUT2D eigenvalue weighted by Crippen LogP contribution is -2.38. The molecule has 1 unspecified atom stereocenters. The van der Waals surface area contributed by atoms with E-state index in [1.165, 1.54) is 12.8 Å². The zero-order valence-corrected chi connectivity index (χ0v) is 10.5. The van der Waals surface area contributed by atoms with Crippen LogP contribution < -0.4 is 10.6 Å². The van der Waals surface area contributed by atoms with Crippen molar-refractivity contribution in [3.63, 3.8) is 0 Å². The fraction of sp³-hybridized carbons (Fsp3) is 0.500. The number of hydrogen-bond donors (Lipinski definition) is 3. The number of phenols is 1. The Kier molecular flexibility index (Phi) is 4.59. The van der Waals surface area contributed by atoms with Crippen LogP contribution in [0.4, 0.5) is 0 Å². The van der Waals surface area contributed by atoms with E-state index in [2.05, 4.69) is 10.6 Å². The normalized spacial score (nSPS) is 19.4. The van der Waals surface area contributed by atoms with E-state index < -0.39 is 0 Å². The Hall–Kier alpha value is -1.55. The highest BCUT2D eigenvalue weighted by Crippen LogP contribution is 2.16. The Labute approximate surface area is 107 Å². The smallest absolute Gasteiger partial charge is 0.224 e. The molecule has 0 spiro atoms. The van der Waals surface area contributed by atoms with Gasteiger partial charge in [0.05, 0.1) is 6.42 Å². The van der Waals surface area contributed by atoms with Crippen LogP contribution in [0.1, 0.15) is 18.4 Å². The maximum atomic E-state index is 11.8. The molecule has 3 N–H and O–H groups in total. The fourth-order valence-corrected chi connectivity index (χ4v) is 2.25. The average Bonchev–Trinajstić information content (AvgIpc) is 2.40. The van der Waals surface area contributed by atoms with Crippen molar-refractivity contribution in [2.24, 2.45) is 5.92 Å². The summed E-state index contributed by atoms with van der Waals surface area (Å²) in [5.74, 6) is 0.695. The summed E-state index contributed by atoms with van der Waals surface area (Å²) in [6.07, 6.45) is 2.59. The van der Waals surface area contributed by atoms with Crippen LogP contribution in [0.3, 0.4) is 0 Å². The van der Waals surface area contributed by atoms with Gasteiger partial charge in [-0.1, -0.05) is 18.2 Å². The van der Waals surface area contributed by atoms with Gasteiger partial charge in [-0.05, 0) is 37.9 Å². The molecule has 0 saturated carbocycles. The lowest BCUT2D eigenvalue weighted by molar-refractivity contribution is -0.120. The Morgan fingerprint density at radius 1 is 1.44 bits per heavy atom. The van der Waals surface area contributed by atoms with E-state index in [9.17, 15) is 9.90 Å². The lowest BCUT2D eigenvalue weighted by atomic mass is 9.99. The quantitative estimate of drug-likeness (QED) is 0.746. The van der Waals surface area contributed by atoms with Gasteiger partial charge < -0.3 is 15.7 Å². The molecule has 98 valence electrons. The summed E-state index contributed by atoms with van der Waals surface area (Å²) in [5.41, 5.74) is 0.678. The molecule has 1 heterocycles. The maximum absolute atomic E-state index is 11.8. The van der Waals surface area contributed by atoms with Crippen LogP contribution in [0.25, 0.3) is 0 Å². The number of carbonyl (C=O) groups excluding carboxylic acids is 1. The van der Waals surface area contributed by atoms with Crippen LogP contribution in [0, 0.1) is 5.92 Å². The molecular formula is C14H20N2O2. The Morgan fingerprint density at radius 2 is 2.28 bits per heavy atom. The molecule has 0 radical (unpaired) electrons. The Morgan fingerprint density at radius 3 is 3.00 bits per heavy atom. The number of para-hydroxylation sites is 1. The predicted octanol–water partition coefficient (Wildman–Crippen LogP) is 1.05. The van der Waals surface area contributed by atoms with Gasteiger partial charge in [0.25, 0.3) is 0 Å². The monoisotopic (exact) mass is 248 g/mol. The van der Waals surface area contributed by atoms with E-state index >= 15 is 0 Å². The van der Waals surface area contributed by atoms with Crippen molar-refractivity contribution >= 4 is 5.91 Å². The van der Waals surface area contributed by atoms with Crippen LogP contribution in [-0.2, 0) is 11.2 Å². The first kappa shape index (κ1) is 12.9. The van der Waals surface area contributed by atoms with E-state index in [0.29, 0.717) is 11.5 Å².